The van der Waals surface area contributed by atoms with E-state index in [0.717, 1.165) is 38.3 Å². The Bertz CT molecular complexity index is 2280. The van der Waals surface area contributed by atoms with Gasteiger partial charge in [0.15, 0.2) is 5.82 Å². The van der Waals surface area contributed by atoms with Gasteiger partial charge in [-0.25, -0.2) is 9.59 Å². The van der Waals surface area contributed by atoms with Crippen LogP contribution in [-0.2, 0) is 14.3 Å². The zero-order valence-corrected chi connectivity index (χ0v) is 31.7. The molecule has 0 unspecified atom stereocenters. The molecule has 2 amide bonds. The van der Waals surface area contributed by atoms with Crippen molar-refractivity contribution in [1.29, 1.82) is 0 Å². The normalized spacial score (nSPS) is 15.5. The van der Waals surface area contributed by atoms with Crippen molar-refractivity contribution in [2.45, 2.75) is 58.3 Å². The van der Waals surface area contributed by atoms with Crippen LogP contribution in [-0.4, -0.2) is 92.9 Å². The first-order valence-corrected chi connectivity index (χ1v) is 18.4. The van der Waals surface area contributed by atoms with Gasteiger partial charge in [0.25, 0.3) is 5.91 Å². The highest BCUT2D eigenvalue weighted by Crippen LogP contribution is 2.40. The number of halogens is 4. The van der Waals surface area contributed by atoms with Crippen molar-refractivity contribution >= 4 is 52.4 Å². The molecule has 12 nitrogen and oxygen atoms in total. The number of esters is 2. The third-order valence-electron chi connectivity index (χ3n) is 9.64. The number of thiophene rings is 1. The van der Waals surface area contributed by atoms with Crippen molar-refractivity contribution < 1.29 is 37.1 Å². The zero-order valence-electron chi connectivity index (χ0n) is 30.2. The number of amides is 2. The molecule has 2 aliphatic heterocycles. The molecule has 2 aromatic heterocycles. The van der Waals surface area contributed by atoms with E-state index in [1.54, 1.807) is 23.3 Å². The van der Waals surface area contributed by atoms with Crippen LogP contribution in [0.2, 0.25) is 5.02 Å². The molecule has 17 heteroatoms. The van der Waals surface area contributed by atoms with Gasteiger partial charge in [-0.3, -0.25) is 19.1 Å². The monoisotopic (exact) mass is 793 g/mol. The predicted molar refractivity (Wildman–Crippen MR) is 198 cm³/mol. The maximum Gasteiger partial charge on any atom is 0.491 e. The molecule has 4 aromatic rings. The Hall–Kier alpha value is -5.37. The van der Waals surface area contributed by atoms with E-state index in [1.807, 2.05) is 35.8 Å². The summed E-state index contributed by atoms with van der Waals surface area (Å²) in [5, 5.41) is 10.4. The van der Waals surface area contributed by atoms with Crippen LogP contribution in [0.4, 0.5) is 13.2 Å². The van der Waals surface area contributed by atoms with Crippen molar-refractivity contribution in [3.8, 4) is 16.8 Å². The number of piperidine rings is 1. The van der Waals surface area contributed by atoms with Crippen LogP contribution >= 0.6 is 22.9 Å². The van der Waals surface area contributed by atoms with Gasteiger partial charge in [-0.1, -0.05) is 35.6 Å². The minimum Gasteiger partial charge on any atom is -0.383 e. The van der Waals surface area contributed by atoms with Crippen LogP contribution in [0.25, 0.3) is 5.00 Å². The Labute approximate surface area is 323 Å². The average Bonchev–Trinajstić information content (AvgIpc) is 3.64. The van der Waals surface area contributed by atoms with Gasteiger partial charge in [0.2, 0.25) is 5.91 Å². The number of nitrogens with two attached hydrogens (primary N) is 1. The van der Waals surface area contributed by atoms with E-state index in [9.17, 15) is 32.3 Å². The van der Waals surface area contributed by atoms with E-state index in [-0.39, 0.29) is 36.0 Å². The number of benzene rings is 2. The summed E-state index contributed by atoms with van der Waals surface area (Å²) in [4.78, 5) is 60.8. The maximum atomic E-state index is 13.9. The summed E-state index contributed by atoms with van der Waals surface area (Å²) in [5.41, 5.74) is 8.62. The quantitative estimate of drug-likeness (QED) is 0.153. The van der Waals surface area contributed by atoms with E-state index in [1.165, 1.54) is 17.0 Å². The number of rotatable bonds is 6. The summed E-state index contributed by atoms with van der Waals surface area (Å²) in [7, 11) is 1.61. The van der Waals surface area contributed by atoms with Crippen LogP contribution in [0, 0.1) is 32.6 Å². The number of carbonyl (C=O) groups is 4. The zero-order chi connectivity index (χ0) is 39.8. The molecule has 55 heavy (non-hydrogen) atoms. The van der Waals surface area contributed by atoms with E-state index in [4.69, 9.17) is 22.3 Å². The lowest BCUT2D eigenvalue weighted by atomic mass is 9.99. The SMILES string of the molecule is Cc1sc2c(c1C)C(c1ccc(Cl)cc1)=N[C@@H](CC(=O)N1CCC(N(C)C(=O)c3ccc(C(=O)OC(=O)C(F)(F)F)c(C#CCN)c3)CC1)c1nnc(C)n1-2. The smallest absolute Gasteiger partial charge is 0.383 e. The molecule has 0 bridgehead atoms. The Kier molecular flexibility index (Phi) is 11.3. The van der Waals surface area contributed by atoms with E-state index in [0.29, 0.717) is 42.6 Å². The molecule has 4 heterocycles. The number of aryl methyl sites for hydroxylation is 2. The number of aliphatic imine (C=N–C) groups is 1. The third-order valence-corrected chi connectivity index (χ3v) is 11.1. The number of carbonyl (C=O) groups excluding carboxylic acids is 4. The highest BCUT2D eigenvalue weighted by molar-refractivity contribution is 7.15. The summed E-state index contributed by atoms with van der Waals surface area (Å²) < 4.78 is 44.0. The maximum absolute atomic E-state index is 13.9. The largest absolute Gasteiger partial charge is 0.491 e. The first-order valence-electron chi connectivity index (χ1n) is 17.2. The molecule has 1 saturated heterocycles. The first-order chi connectivity index (χ1) is 26.1. The third kappa shape index (κ3) is 8.05. The van der Waals surface area contributed by atoms with Gasteiger partial charge < -0.3 is 20.3 Å². The summed E-state index contributed by atoms with van der Waals surface area (Å²) in [6.07, 6.45) is -4.41. The van der Waals surface area contributed by atoms with Gasteiger partial charge in [0.1, 0.15) is 16.9 Å². The first kappa shape index (κ1) is 39.3. The number of alkyl halides is 3. The molecule has 6 rings (SSSR count). The summed E-state index contributed by atoms with van der Waals surface area (Å²) in [5.74, 6) is 1.49. The van der Waals surface area contributed by atoms with Gasteiger partial charge in [0, 0.05) is 58.3 Å². The van der Waals surface area contributed by atoms with E-state index >= 15 is 0 Å². The second-order valence-electron chi connectivity index (χ2n) is 13.1. The van der Waals surface area contributed by atoms with E-state index < -0.39 is 35.6 Å². The number of hydrogen-bond acceptors (Lipinski definition) is 10. The van der Waals surface area contributed by atoms with Crippen molar-refractivity contribution in [3.63, 3.8) is 0 Å². The molecule has 286 valence electrons. The summed E-state index contributed by atoms with van der Waals surface area (Å²) in [6.45, 7) is 6.57. The van der Waals surface area contributed by atoms with Crippen molar-refractivity contribution in [2.24, 2.45) is 10.7 Å². The van der Waals surface area contributed by atoms with Gasteiger partial charge in [-0.2, -0.15) is 13.2 Å². The lowest BCUT2D eigenvalue weighted by Crippen LogP contribution is -2.47. The lowest BCUT2D eigenvalue weighted by Gasteiger charge is -2.37. The summed E-state index contributed by atoms with van der Waals surface area (Å²) in [6, 6.07) is 10.1. The second-order valence-corrected chi connectivity index (χ2v) is 14.7. The Morgan fingerprint density at radius 1 is 1.05 bits per heavy atom. The molecule has 0 saturated carbocycles. The van der Waals surface area contributed by atoms with E-state index in [2.05, 4.69) is 40.6 Å². The van der Waals surface area contributed by atoms with Crippen LogP contribution in [0.1, 0.15) is 84.8 Å². The molecule has 1 fully saturated rings. The van der Waals surface area contributed by atoms with Crippen LogP contribution in [0.15, 0.2) is 47.5 Å². The van der Waals surface area contributed by atoms with Crippen molar-refractivity contribution in [2.75, 3.05) is 26.7 Å². The molecule has 1 atom stereocenters. The molecular formula is C38H35ClF3N7O5S. The van der Waals surface area contributed by atoms with Crippen LogP contribution < -0.4 is 5.73 Å². The van der Waals surface area contributed by atoms with Crippen LogP contribution in [0.5, 0.6) is 0 Å². The highest BCUT2D eigenvalue weighted by atomic mass is 35.5. The number of fused-ring (bicyclic) bond motifs is 3. The van der Waals surface area contributed by atoms with Crippen molar-refractivity contribution in [1.82, 2.24) is 24.6 Å². The fraction of sp³-hybridized carbons (Fsp3) is 0.342. The molecule has 2 aliphatic rings. The Morgan fingerprint density at radius 3 is 2.40 bits per heavy atom. The van der Waals surface area contributed by atoms with Crippen molar-refractivity contribution in [3.05, 3.63) is 97.4 Å². The summed E-state index contributed by atoms with van der Waals surface area (Å²) >= 11 is 7.85. The van der Waals surface area contributed by atoms with Gasteiger partial charge in [0.05, 0.1) is 24.2 Å². The van der Waals surface area contributed by atoms with Crippen LogP contribution in [0.3, 0.4) is 0 Å². The average molecular weight is 794 g/mol. The lowest BCUT2D eigenvalue weighted by molar-refractivity contribution is -0.193. The number of aromatic nitrogens is 3. The number of likely N-dealkylation sites (tertiary alicyclic amines) is 1. The number of ether oxygens (including phenoxy) is 1. The number of nitrogens with zero attached hydrogens (tertiary/aromatic N) is 6. The molecule has 2 aromatic carbocycles. The predicted octanol–water partition coefficient (Wildman–Crippen LogP) is 5.51. The molecule has 0 aliphatic carbocycles. The minimum absolute atomic E-state index is 0.0393. The molecular weight excluding hydrogens is 759 g/mol. The second kappa shape index (κ2) is 15.8. The van der Waals surface area contributed by atoms with Gasteiger partial charge >= 0.3 is 18.1 Å². The standard InChI is InChI=1S/C38H35ClF3N7O5S/c1-20-21(2)55-35-31(20)32(23-7-10-26(39)11-8-23)44-29(33-46-45-22(3)49(33)35)19-30(50)48-16-13-27(14-17-48)47(4)34(51)25-9-12-28(24(18-25)6-5-15-43)36(52)54-37(53)38(40,41)42/h7-12,18,27,29H,13-17,19,43H2,1-4H3/t29-/m0/s1. The Balaban J connectivity index is 1.17. The minimum atomic E-state index is -5.38. The van der Waals surface area contributed by atoms with Gasteiger partial charge in [-0.15, -0.1) is 21.5 Å². The molecule has 0 spiro atoms. The molecule has 2 N–H and O–H groups in total. The topological polar surface area (TPSA) is 153 Å². The highest BCUT2D eigenvalue weighted by Gasteiger charge is 2.43. The molecule has 0 radical (unpaired) electrons. The fourth-order valence-electron chi connectivity index (χ4n) is 6.60. The Morgan fingerprint density at radius 2 is 1.75 bits per heavy atom. The fourth-order valence-corrected chi connectivity index (χ4v) is 7.94. The van der Waals surface area contributed by atoms with Gasteiger partial charge in [-0.05, 0) is 69.5 Å². The number of hydrogen-bond donors (Lipinski definition) is 1.